The molecule has 0 unspecified atom stereocenters. The maximum Gasteiger partial charge on any atom is 0.0715 e. The molecule has 10 rings (SSSR count). The standard InChI is InChI=1S/C62H46N2/c1-44-30-39-58-47(22-15-16-28-56(44)48-31-35-52(36-32-48)61-42-55(46-20-11-5-12-21-46)41-60(64-61)51-25-13-6-14-26-51)27-17-29-57(58)49-33-37-53(38-34-49)62-43-54(45-18-9-4-10-19-45)40-59(63-62)50-23-7-2-3-8-24-50/h2,4-43H,3H2,1H3. The van der Waals surface area contributed by atoms with Crippen molar-refractivity contribution >= 4 is 16.3 Å². The first kappa shape index (κ1) is 39.9. The maximum atomic E-state index is 5.21. The molecule has 0 spiro atoms. The van der Waals surface area contributed by atoms with Gasteiger partial charge < -0.3 is 0 Å². The van der Waals surface area contributed by atoms with Crippen LogP contribution in [0.4, 0.5) is 0 Å². The second-order valence-corrected chi connectivity index (χ2v) is 16.2. The van der Waals surface area contributed by atoms with E-state index in [1.165, 1.54) is 38.6 Å². The Bertz CT molecular complexity index is 3190. The molecule has 9 aromatic rings. The molecule has 0 amide bonds. The van der Waals surface area contributed by atoms with Crippen LogP contribution in [0, 0.1) is 6.92 Å². The minimum Gasteiger partial charge on any atom is -0.248 e. The van der Waals surface area contributed by atoms with Crippen LogP contribution in [0.5, 0.6) is 0 Å². The van der Waals surface area contributed by atoms with Gasteiger partial charge >= 0.3 is 0 Å². The molecule has 1 aliphatic carbocycles. The molecule has 2 aromatic heterocycles. The van der Waals surface area contributed by atoms with Gasteiger partial charge in [-0.2, -0.15) is 0 Å². The van der Waals surface area contributed by atoms with Gasteiger partial charge in [0.05, 0.1) is 22.8 Å². The number of rotatable bonds is 8. The quantitative estimate of drug-likeness (QED) is 0.153. The Kier molecular flexibility index (Phi) is 11.5. The topological polar surface area (TPSA) is 25.8 Å². The molecule has 304 valence electrons. The minimum atomic E-state index is 0.920. The van der Waals surface area contributed by atoms with E-state index in [-0.39, 0.29) is 0 Å². The van der Waals surface area contributed by atoms with Crippen molar-refractivity contribution in [2.45, 2.75) is 13.3 Å². The zero-order valence-electron chi connectivity index (χ0n) is 35.8. The SMILES string of the molecule is Cc1ccc2c(-c3ccc(-c4cc(-c5ccccc5)cc(C5=CC=CCC=C5)n4)cc3)cccc2ccccc1-c1ccc(-c2cc(-c3ccccc3)cc(-c3ccccc3)n2)cc1. The van der Waals surface area contributed by atoms with Crippen LogP contribution in [0.15, 0.2) is 249 Å². The normalized spacial score (nSPS) is 12.0. The van der Waals surface area contributed by atoms with Crippen molar-refractivity contribution in [1.29, 1.82) is 0 Å². The number of allylic oxidation sites excluding steroid dienone is 6. The van der Waals surface area contributed by atoms with E-state index < -0.39 is 0 Å². The lowest BCUT2D eigenvalue weighted by Crippen LogP contribution is -1.93. The molecule has 0 radical (unpaired) electrons. The number of hydrogen-bond donors (Lipinski definition) is 0. The Hall–Kier alpha value is -8.20. The highest BCUT2D eigenvalue weighted by Crippen LogP contribution is 2.35. The second-order valence-electron chi connectivity index (χ2n) is 16.2. The largest absolute Gasteiger partial charge is 0.248 e. The van der Waals surface area contributed by atoms with Crippen LogP contribution in [0.1, 0.15) is 17.7 Å². The highest BCUT2D eigenvalue weighted by Gasteiger charge is 2.13. The van der Waals surface area contributed by atoms with Gasteiger partial charge in [0.15, 0.2) is 0 Å². The predicted molar refractivity (Wildman–Crippen MR) is 271 cm³/mol. The molecule has 0 saturated carbocycles. The van der Waals surface area contributed by atoms with E-state index in [2.05, 4.69) is 250 Å². The third-order valence-electron chi connectivity index (χ3n) is 11.9. The molecule has 2 nitrogen and oxygen atoms in total. The molecule has 0 saturated heterocycles. The fourth-order valence-electron chi connectivity index (χ4n) is 8.48. The van der Waals surface area contributed by atoms with Crippen LogP contribution in [0.2, 0.25) is 0 Å². The maximum absolute atomic E-state index is 5.21. The number of hydrogen-bond acceptors (Lipinski definition) is 2. The van der Waals surface area contributed by atoms with Gasteiger partial charge in [-0.25, -0.2) is 9.97 Å². The molecular weight excluding hydrogens is 773 g/mol. The molecule has 0 atom stereocenters. The summed E-state index contributed by atoms with van der Waals surface area (Å²) in [4.78, 5) is 10.4. The van der Waals surface area contributed by atoms with Gasteiger partial charge in [-0.05, 0) is 104 Å². The summed E-state index contributed by atoms with van der Waals surface area (Å²) in [6.45, 7) is 2.20. The fourth-order valence-corrected chi connectivity index (χ4v) is 8.48. The molecule has 0 N–H and O–H groups in total. The Labute approximate surface area is 376 Å². The van der Waals surface area contributed by atoms with Gasteiger partial charge in [0, 0.05) is 16.7 Å². The molecule has 0 bridgehead atoms. The van der Waals surface area contributed by atoms with Crippen molar-refractivity contribution in [1.82, 2.24) is 9.97 Å². The third-order valence-corrected chi connectivity index (χ3v) is 11.9. The average Bonchev–Trinajstić information content (AvgIpc) is 3.67. The smallest absolute Gasteiger partial charge is 0.0715 e. The van der Waals surface area contributed by atoms with Gasteiger partial charge in [-0.3, -0.25) is 0 Å². The highest BCUT2D eigenvalue weighted by atomic mass is 14.7. The lowest BCUT2D eigenvalue weighted by Gasteiger charge is -2.12. The van der Waals surface area contributed by atoms with Gasteiger partial charge in [-0.15, -0.1) is 0 Å². The number of pyridine rings is 2. The Morgan fingerprint density at radius 1 is 0.344 bits per heavy atom. The van der Waals surface area contributed by atoms with Crippen molar-refractivity contribution in [3.8, 4) is 78.3 Å². The number of benzene rings is 6. The Morgan fingerprint density at radius 2 is 0.797 bits per heavy atom. The van der Waals surface area contributed by atoms with Crippen molar-refractivity contribution in [2.24, 2.45) is 0 Å². The minimum absolute atomic E-state index is 0.920. The zero-order chi connectivity index (χ0) is 43.1. The average molecular weight is 819 g/mol. The summed E-state index contributed by atoms with van der Waals surface area (Å²) < 4.78 is 0. The highest BCUT2D eigenvalue weighted by molar-refractivity contribution is 5.96. The monoisotopic (exact) mass is 818 g/mol. The number of aryl methyl sites for hydroxylation is 1. The van der Waals surface area contributed by atoms with Crippen LogP contribution in [0.3, 0.4) is 0 Å². The summed E-state index contributed by atoms with van der Waals surface area (Å²) in [7, 11) is 0. The first-order chi connectivity index (χ1) is 31.6. The first-order valence-electron chi connectivity index (χ1n) is 22.0. The van der Waals surface area contributed by atoms with E-state index in [9.17, 15) is 0 Å². The summed E-state index contributed by atoms with van der Waals surface area (Å²) in [5.74, 6) is 0. The van der Waals surface area contributed by atoms with E-state index in [1.54, 1.807) is 0 Å². The summed E-state index contributed by atoms with van der Waals surface area (Å²) in [6.07, 6.45) is 11.7. The van der Waals surface area contributed by atoms with Crippen LogP contribution < -0.4 is 0 Å². The lowest BCUT2D eigenvalue weighted by atomic mass is 9.95. The van der Waals surface area contributed by atoms with Crippen molar-refractivity contribution in [2.75, 3.05) is 0 Å². The van der Waals surface area contributed by atoms with Gasteiger partial charge in [0.2, 0.25) is 0 Å². The van der Waals surface area contributed by atoms with Crippen molar-refractivity contribution in [3.63, 3.8) is 0 Å². The lowest BCUT2D eigenvalue weighted by molar-refractivity contribution is 1.28. The molecule has 1 aliphatic rings. The summed E-state index contributed by atoms with van der Waals surface area (Å²) >= 11 is 0. The zero-order valence-corrected chi connectivity index (χ0v) is 35.8. The van der Waals surface area contributed by atoms with Crippen molar-refractivity contribution in [3.05, 3.63) is 260 Å². The first-order valence-corrected chi connectivity index (χ1v) is 22.0. The second kappa shape index (κ2) is 18.4. The third kappa shape index (κ3) is 8.77. The van der Waals surface area contributed by atoms with E-state index in [1.807, 2.05) is 6.07 Å². The predicted octanol–water partition coefficient (Wildman–Crippen LogP) is 16.6. The van der Waals surface area contributed by atoms with Crippen LogP contribution in [-0.4, -0.2) is 9.97 Å². The Balaban J connectivity index is 0.984. The van der Waals surface area contributed by atoms with Crippen molar-refractivity contribution < 1.29 is 0 Å². The number of fused-ring (bicyclic) bond motifs is 1. The summed E-state index contributed by atoms with van der Waals surface area (Å²) in [5.41, 5.74) is 18.7. The molecule has 2 heteroatoms. The van der Waals surface area contributed by atoms with Gasteiger partial charge in [0.25, 0.3) is 0 Å². The van der Waals surface area contributed by atoms with Crippen LogP contribution in [-0.2, 0) is 0 Å². The van der Waals surface area contributed by atoms with Gasteiger partial charge in [-0.1, -0.05) is 225 Å². The molecule has 0 aliphatic heterocycles. The summed E-state index contributed by atoms with van der Waals surface area (Å²) in [6, 6.07) is 77.8. The fraction of sp³-hybridized carbons (Fsp3) is 0.0323. The Morgan fingerprint density at radius 3 is 1.41 bits per heavy atom. The molecule has 7 aromatic carbocycles. The van der Waals surface area contributed by atoms with E-state index in [0.29, 0.717) is 0 Å². The number of aromatic nitrogens is 2. The van der Waals surface area contributed by atoms with Gasteiger partial charge in [0.1, 0.15) is 0 Å². The molecule has 0 fully saturated rings. The molecule has 2 heterocycles. The molecule has 64 heavy (non-hydrogen) atoms. The van der Waals surface area contributed by atoms with E-state index in [4.69, 9.17) is 9.97 Å². The number of nitrogens with zero attached hydrogens (tertiary/aromatic N) is 2. The van der Waals surface area contributed by atoms with E-state index in [0.717, 1.165) is 73.7 Å². The van der Waals surface area contributed by atoms with Crippen LogP contribution >= 0.6 is 0 Å². The summed E-state index contributed by atoms with van der Waals surface area (Å²) in [5, 5.41) is 2.35. The molecular formula is C62H46N2. The van der Waals surface area contributed by atoms with Crippen LogP contribution in [0.25, 0.3) is 94.6 Å². The van der Waals surface area contributed by atoms with E-state index >= 15 is 0 Å².